The Labute approximate surface area is 183 Å². The van der Waals surface area contributed by atoms with E-state index in [2.05, 4.69) is 20.4 Å². The maximum atomic E-state index is 13.0. The van der Waals surface area contributed by atoms with E-state index in [0.717, 1.165) is 18.1 Å². The molecule has 3 fully saturated rings. The topological polar surface area (TPSA) is 101 Å². The van der Waals surface area contributed by atoms with Gasteiger partial charge in [-0.3, -0.25) is 9.59 Å². The van der Waals surface area contributed by atoms with Crippen LogP contribution in [0.3, 0.4) is 0 Å². The minimum Gasteiger partial charge on any atom is -0.447 e. The Morgan fingerprint density at radius 3 is 2.71 bits per heavy atom. The van der Waals surface area contributed by atoms with Crippen LogP contribution in [-0.2, 0) is 19.1 Å². The predicted molar refractivity (Wildman–Crippen MR) is 114 cm³/mol. The molecule has 0 amide bonds. The molecule has 3 saturated carbocycles. The molecule has 0 bridgehead atoms. The molecule has 0 aromatic rings. The first-order valence-corrected chi connectivity index (χ1v) is 11.2. The predicted octanol–water partition coefficient (Wildman–Crippen LogP) is 2.54. The van der Waals surface area contributed by atoms with Crippen LogP contribution in [0.4, 0.5) is 0 Å². The Morgan fingerprint density at radius 1 is 1.35 bits per heavy atom. The Morgan fingerprint density at radius 2 is 2.06 bits per heavy atom. The molecule has 31 heavy (non-hydrogen) atoms. The third kappa shape index (κ3) is 2.87. The SMILES string of the molecule is C=CC(=O)O[C@]1(C(=O)CO)CC[C@H]2[C@@H]3C[C@H](C)C4=CC(=O)C=C[C@]4(C)[C@H]3C(O)C[C@@]21C. The van der Waals surface area contributed by atoms with Gasteiger partial charge in [0.2, 0.25) is 5.78 Å². The molecule has 168 valence electrons. The van der Waals surface area contributed by atoms with E-state index in [1.807, 2.05) is 13.0 Å². The number of carbonyl (C=O) groups is 3. The van der Waals surface area contributed by atoms with Crippen LogP contribution in [0, 0.1) is 34.5 Å². The number of allylic oxidation sites excluding steroid dienone is 4. The molecule has 0 aromatic carbocycles. The van der Waals surface area contributed by atoms with Crippen LogP contribution in [0.5, 0.6) is 0 Å². The van der Waals surface area contributed by atoms with E-state index < -0.39 is 40.9 Å². The van der Waals surface area contributed by atoms with Gasteiger partial charge in [-0.15, -0.1) is 0 Å². The lowest BCUT2D eigenvalue weighted by Gasteiger charge is -2.61. The van der Waals surface area contributed by atoms with Gasteiger partial charge < -0.3 is 14.9 Å². The first-order chi connectivity index (χ1) is 14.5. The number of aliphatic hydroxyl groups is 2. The fourth-order valence-electron chi connectivity index (χ4n) is 7.76. The number of rotatable bonds is 4. The molecule has 0 aromatic heterocycles. The highest BCUT2D eigenvalue weighted by atomic mass is 16.6. The molecule has 6 heteroatoms. The number of aliphatic hydroxyl groups excluding tert-OH is 2. The van der Waals surface area contributed by atoms with Crippen molar-refractivity contribution in [1.82, 2.24) is 0 Å². The van der Waals surface area contributed by atoms with E-state index >= 15 is 0 Å². The standard InChI is InChI=1S/C25H32O6/c1-5-21(30)31-25(20(29)13-26)9-7-17-16-10-14(2)18-11-15(27)6-8-23(18,3)22(16)19(28)12-24(17,25)4/h5-6,8,11,14,16-17,19,22,26,28H,1,7,9-10,12-13H2,2-4H3/t14-,16-,17-,19?,22+,23-,24-,25-/m0/s1. The summed E-state index contributed by atoms with van der Waals surface area (Å²) in [4.78, 5) is 37.3. The maximum absolute atomic E-state index is 13.0. The fourth-order valence-corrected chi connectivity index (χ4v) is 7.76. The number of esters is 1. The summed E-state index contributed by atoms with van der Waals surface area (Å²) in [6, 6.07) is 0. The average Bonchev–Trinajstić information content (AvgIpc) is 3.01. The first kappa shape index (κ1) is 22.2. The van der Waals surface area contributed by atoms with Gasteiger partial charge >= 0.3 is 5.97 Å². The van der Waals surface area contributed by atoms with Gasteiger partial charge in [0.1, 0.15) is 6.61 Å². The van der Waals surface area contributed by atoms with Crippen molar-refractivity contribution in [3.05, 3.63) is 36.5 Å². The Balaban J connectivity index is 1.79. The number of ether oxygens (including phenoxy) is 1. The fraction of sp³-hybridized carbons (Fsp3) is 0.640. The second kappa shape index (κ2) is 7.24. The normalized spacial score (nSPS) is 45.8. The zero-order valence-electron chi connectivity index (χ0n) is 18.5. The minimum atomic E-state index is -1.47. The molecule has 0 aliphatic heterocycles. The molecule has 0 spiro atoms. The lowest BCUT2D eigenvalue weighted by Crippen LogP contribution is -2.63. The van der Waals surface area contributed by atoms with Crippen molar-refractivity contribution in [3.63, 3.8) is 0 Å². The molecule has 4 aliphatic rings. The van der Waals surface area contributed by atoms with E-state index in [1.54, 1.807) is 12.2 Å². The lowest BCUT2D eigenvalue weighted by atomic mass is 9.44. The van der Waals surface area contributed by atoms with Crippen molar-refractivity contribution >= 4 is 17.5 Å². The summed E-state index contributed by atoms with van der Waals surface area (Å²) in [5, 5.41) is 21.2. The summed E-state index contributed by atoms with van der Waals surface area (Å²) in [6.45, 7) is 8.87. The molecule has 8 atom stereocenters. The van der Waals surface area contributed by atoms with Crippen LogP contribution < -0.4 is 0 Å². The number of Topliss-reactive ketones (excluding diaryl/α,β-unsaturated/α-hetero) is 1. The quantitative estimate of drug-likeness (QED) is 0.527. The maximum Gasteiger partial charge on any atom is 0.331 e. The molecular weight excluding hydrogens is 396 g/mol. The van der Waals surface area contributed by atoms with Crippen molar-refractivity contribution in [2.75, 3.05) is 6.61 Å². The first-order valence-electron chi connectivity index (χ1n) is 11.2. The van der Waals surface area contributed by atoms with Crippen molar-refractivity contribution in [1.29, 1.82) is 0 Å². The van der Waals surface area contributed by atoms with Gasteiger partial charge in [-0.2, -0.15) is 0 Å². The van der Waals surface area contributed by atoms with Crippen LogP contribution >= 0.6 is 0 Å². The molecule has 0 radical (unpaired) electrons. The van der Waals surface area contributed by atoms with Crippen molar-refractivity contribution in [3.8, 4) is 0 Å². The summed E-state index contributed by atoms with van der Waals surface area (Å²) in [6.07, 6.45) is 7.64. The van der Waals surface area contributed by atoms with Crippen molar-refractivity contribution < 1.29 is 29.3 Å². The third-order valence-electron chi connectivity index (χ3n) is 8.97. The Bertz CT molecular complexity index is 902. The van der Waals surface area contributed by atoms with Crippen LogP contribution in [0.25, 0.3) is 0 Å². The van der Waals surface area contributed by atoms with Gasteiger partial charge in [0.25, 0.3) is 0 Å². The summed E-state index contributed by atoms with van der Waals surface area (Å²) >= 11 is 0. The zero-order valence-corrected chi connectivity index (χ0v) is 18.5. The molecular formula is C25H32O6. The lowest BCUT2D eigenvalue weighted by molar-refractivity contribution is -0.198. The monoisotopic (exact) mass is 428 g/mol. The molecule has 0 saturated heterocycles. The van der Waals surface area contributed by atoms with Crippen LogP contribution in [0.15, 0.2) is 36.5 Å². The Hall–Kier alpha value is -2.05. The third-order valence-corrected chi connectivity index (χ3v) is 8.97. The summed E-state index contributed by atoms with van der Waals surface area (Å²) in [5.74, 6) is -1.01. The molecule has 4 aliphatic carbocycles. The number of hydrogen-bond acceptors (Lipinski definition) is 6. The summed E-state index contributed by atoms with van der Waals surface area (Å²) < 4.78 is 5.73. The Kier molecular flexibility index (Phi) is 5.17. The number of carbonyl (C=O) groups excluding carboxylic acids is 3. The highest BCUT2D eigenvalue weighted by molar-refractivity contribution is 6.01. The van der Waals surface area contributed by atoms with E-state index in [9.17, 15) is 24.6 Å². The average molecular weight is 429 g/mol. The number of ketones is 2. The van der Waals surface area contributed by atoms with E-state index in [1.165, 1.54) is 0 Å². The second-order valence-corrected chi connectivity index (χ2v) is 10.3. The summed E-state index contributed by atoms with van der Waals surface area (Å²) in [7, 11) is 0. The van der Waals surface area contributed by atoms with Crippen LogP contribution in [0.2, 0.25) is 0 Å². The van der Waals surface area contributed by atoms with E-state index in [4.69, 9.17) is 4.74 Å². The van der Waals surface area contributed by atoms with E-state index in [0.29, 0.717) is 12.8 Å². The molecule has 1 unspecified atom stereocenters. The molecule has 6 nitrogen and oxygen atoms in total. The largest absolute Gasteiger partial charge is 0.447 e. The minimum absolute atomic E-state index is 0.0160. The van der Waals surface area contributed by atoms with Gasteiger partial charge in [-0.05, 0) is 55.6 Å². The van der Waals surface area contributed by atoms with Gasteiger partial charge in [0, 0.05) is 22.8 Å². The van der Waals surface area contributed by atoms with Gasteiger partial charge in [0.15, 0.2) is 11.4 Å². The van der Waals surface area contributed by atoms with Crippen LogP contribution in [0.1, 0.15) is 46.5 Å². The molecule has 4 rings (SSSR count). The molecule has 2 N–H and O–H groups in total. The van der Waals surface area contributed by atoms with Crippen molar-refractivity contribution in [2.24, 2.45) is 34.5 Å². The van der Waals surface area contributed by atoms with Gasteiger partial charge in [-0.25, -0.2) is 4.79 Å². The smallest absolute Gasteiger partial charge is 0.331 e. The molecule has 0 heterocycles. The van der Waals surface area contributed by atoms with E-state index in [-0.39, 0.29) is 35.9 Å². The van der Waals surface area contributed by atoms with Gasteiger partial charge in [-0.1, -0.05) is 39.0 Å². The number of fused-ring (bicyclic) bond motifs is 5. The zero-order chi connectivity index (χ0) is 22.8. The summed E-state index contributed by atoms with van der Waals surface area (Å²) in [5.41, 5.74) is -1.63. The van der Waals surface area contributed by atoms with Crippen LogP contribution in [-0.4, -0.2) is 46.1 Å². The number of hydrogen-bond donors (Lipinski definition) is 2. The highest BCUT2D eigenvalue weighted by Gasteiger charge is 2.70. The van der Waals surface area contributed by atoms with Gasteiger partial charge in [0.05, 0.1) is 6.10 Å². The van der Waals surface area contributed by atoms with Crippen molar-refractivity contribution in [2.45, 2.75) is 58.2 Å². The highest BCUT2D eigenvalue weighted by Crippen LogP contribution is 2.68. The second-order valence-electron chi connectivity index (χ2n) is 10.3.